The molecule has 1 aliphatic carbocycles. The van der Waals surface area contributed by atoms with Crippen LogP contribution in [0.25, 0.3) is 22.8 Å². The average molecular weight is 514 g/mol. The van der Waals surface area contributed by atoms with E-state index in [9.17, 15) is 14.4 Å². The number of rotatable bonds is 8. The zero-order chi connectivity index (χ0) is 26.8. The molecule has 0 aliphatic heterocycles. The summed E-state index contributed by atoms with van der Waals surface area (Å²) in [5, 5.41) is 8.14. The predicted octanol–water partition coefficient (Wildman–Crippen LogP) is 4.61. The predicted molar refractivity (Wildman–Crippen MR) is 151 cm³/mol. The molecule has 0 saturated heterocycles. The Hall–Kier alpha value is -3.94. The molecule has 1 aliphatic rings. The third-order valence-corrected chi connectivity index (χ3v) is 7.46. The van der Waals surface area contributed by atoms with E-state index in [0.29, 0.717) is 34.7 Å². The molecule has 1 N–H and O–H groups in total. The molecule has 198 valence electrons. The lowest BCUT2D eigenvalue weighted by Crippen LogP contribution is -2.36. The lowest BCUT2D eigenvalue weighted by Gasteiger charge is -2.22. The summed E-state index contributed by atoms with van der Waals surface area (Å²) in [4.78, 5) is 40.4. The van der Waals surface area contributed by atoms with Crippen LogP contribution in [-0.2, 0) is 13.1 Å². The van der Waals surface area contributed by atoms with Crippen LogP contribution in [0.15, 0.2) is 58.6 Å². The van der Waals surface area contributed by atoms with E-state index in [4.69, 9.17) is 0 Å². The molecule has 4 aromatic rings. The minimum atomic E-state index is -0.346. The highest BCUT2D eigenvalue weighted by molar-refractivity contribution is 5.98. The van der Waals surface area contributed by atoms with Gasteiger partial charge in [0, 0.05) is 18.2 Å². The topological polar surface area (TPSA) is 90.4 Å². The first-order valence-electron chi connectivity index (χ1n) is 13.5. The Labute approximate surface area is 221 Å². The van der Waals surface area contributed by atoms with Gasteiger partial charge in [0.05, 0.1) is 17.4 Å². The Balaban J connectivity index is 1.62. The highest BCUT2D eigenvalue weighted by Gasteiger charge is 2.21. The summed E-state index contributed by atoms with van der Waals surface area (Å²) < 4.78 is 4.45. The van der Waals surface area contributed by atoms with Gasteiger partial charge in [-0.25, -0.2) is 13.9 Å². The third kappa shape index (κ3) is 5.08. The van der Waals surface area contributed by atoms with Crippen LogP contribution in [0.1, 0.15) is 73.9 Å². The molecule has 0 spiro atoms. The van der Waals surface area contributed by atoms with Gasteiger partial charge >= 0.3 is 5.69 Å². The van der Waals surface area contributed by atoms with Gasteiger partial charge in [-0.2, -0.15) is 0 Å². The Morgan fingerprint density at radius 1 is 1.11 bits per heavy atom. The first-order valence-corrected chi connectivity index (χ1v) is 13.5. The zero-order valence-electron chi connectivity index (χ0n) is 22.2. The van der Waals surface area contributed by atoms with E-state index < -0.39 is 0 Å². The zero-order valence-corrected chi connectivity index (χ0v) is 22.2. The van der Waals surface area contributed by atoms with E-state index in [1.807, 2.05) is 24.3 Å². The number of benzene rings is 2. The number of carbonyl (C=O) groups is 1. The monoisotopic (exact) mass is 513 g/mol. The third-order valence-electron chi connectivity index (χ3n) is 7.46. The lowest BCUT2D eigenvalue weighted by molar-refractivity contribution is 0.0928. The van der Waals surface area contributed by atoms with Gasteiger partial charge in [0.1, 0.15) is 0 Å². The van der Waals surface area contributed by atoms with E-state index in [1.165, 1.54) is 15.5 Å². The smallest absolute Gasteiger partial charge is 0.349 e. The van der Waals surface area contributed by atoms with Crippen molar-refractivity contribution in [3.8, 4) is 0 Å². The van der Waals surface area contributed by atoms with E-state index in [-0.39, 0.29) is 29.7 Å². The molecule has 38 heavy (non-hydrogen) atoms. The Bertz CT molecular complexity index is 1600. The van der Waals surface area contributed by atoms with Crippen molar-refractivity contribution in [3.05, 3.63) is 86.6 Å². The number of hydrogen-bond donors (Lipinski definition) is 1. The summed E-state index contributed by atoms with van der Waals surface area (Å²) in [5.41, 5.74) is 2.18. The minimum absolute atomic E-state index is 0.161. The second kappa shape index (κ2) is 10.8. The van der Waals surface area contributed by atoms with Crippen molar-refractivity contribution < 1.29 is 4.79 Å². The molecule has 1 fully saturated rings. The van der Waals surface area contributed by atoms with E-state index in [1.54, 1.807) is 28.8 Å². The molecule has 0 unspecified atom stereocenters. The Morgan fingerprint density at radius 3 is 2.53 bits per heavy atom. The average Bonchev–Trinajstić information content (AvgIpc) is 3.24. The lowest BCUT2D eigenvalue weighted by atomic mass is 9.95. The maximum atomic E-state index is 13.7. The van der Waals surface area contributed by atoms with Gasteiger partial charge in [-0.3, -0.25) is 14.2 Å². The number of carbonyl (C=O) groups excluding carboxylic acids is 1. The van der Waals surface area contributed by atoms with E-state index >= 15 is 0 Å². The number of aryl methyl sites for hydroxylation is 1. The van der Waals surface area contributed by atoms with Crippen LogP contribution in [0.4, 0.5) is 0 Å². The quantitative estimate of drug-likeness (QED) is 0.373. The highest BCUT2D eigenvalue weighted by Crippen LogP contribution is 2.19. The molecule has 8 heteroatoms. The molecule has 0 atom stereocenters. The number of fused-ring (bicyclic) bond motifs is 3. The van der Waals surface area contributed by atoms with Crippen LogP contribution in [0.2, 0.25) is 0 Å². The number of aromatic nitrogens is 4. The summed E-state index contributed by atoms with van der Waals surface area (Å²) in [5.74, 6) is 0.486. The van der Waals surface area contributed by atoms with Gasteiger partial charge in [0.25, 0.3) is 11.5 Å². The van der Waals surface area contributed by atoms with Gasteiger partial charge in [-0.15, -0.1) is 5.10 Å². The van der Waals surface area contributed by atoms with Crippen molar-refractivity contribution >= 4 is 28.7 Å². The second-order valence-corrected chi connectivity index (χ2v) is 10.7. The summed E-state index contributed by atoms with van der Waals surface area (Å²) in [6.07, 6.45) is 7.92. The molecule has 2 aromatic carbocycles. The number of hydrogen-bond acceptors (Lipinski definition) is 4. The van der Waals surface area contributed by atoms with Crippen LogP contribution in [-0.4, -0.2) is 30.7 Å². The van der Waals surface area contributed by atoms with Crippen LogP contribution >= 0.6 is 0 Å². The fourth-order valence-corrected chi connectivity index (χ4v) is 5.20. The van der Waals surface area contributed by atoms with Crippen LogP contribution in [0, 0.1) is 5.92 Å². The molecule has 2 aromatic heterocycles. The van der Waals surface area contributed by atoms with Crippen molar-refractivity contribution in [2.24, 2.45) is 5.92 Å². The standard InChI is InChI=1S/C30H35N5O3/c1-4-21-10-12-22(13-11-21)19-34-30(38)35-26-18-23(27(36)31-24-8-6-5-7-9-24)14-15-25(26)28(37)33(29(35)32-34)17-16-20(2)3/h4,10-15,18,20,24H,1,5-9,16-17,19H2,2-3H3,(H,31,36). The SMILES string of the molecule is C=Cc1ccc(Cn2nc3n(CCC(C)C)c(=O)c4ccc(C(=O)NC5CCCCC5)cc4n3c2=O)cc1. The number of amides is 1. The van der Waals surface area contributed by atoms with E-state index in [0.717, 1.165) is 43.2 Å². The first-order chi connectivity index (χ1) is 18.4. The molecule has 0 radical (unpaired) electrons. The number of nitrogens with zero attached hydrogens (tertiary/aromatic N) is 4. The van der Waals surface area contributed by atoms with Gasteiger partial charge in [-0.05, 0) is 54.5 Å². The highest BCUT2D eigenvalue weighted by atomic mass is 16.2. The van der Waals surface area contributed by atoms with Gasteiger partial charge in [-0.1, -0.05) is 70.0 Å². The van der Waals surface area contributed by atoms with E-state index in [2.05, 4.69) is 30.8 Å². The Kier molecular flexibility index (Phi) is 7.31. The number of nitrogens with one attached hydrogen (secondary N) is 1. The largest absolute Gasteiger partial charge is 0.352 e. The minimum Gasteiger partial charge on any atom is -0.349 e. The molecule has 1 saturated carbocycles. The van der Waals surface area contributed by atoms with Crippen molar-refractivity contribution in [1.82, 2.24) is 24.1 Å². The van der Waals surface area contributed by atoms with Crippen molar-refractivity contribution in [1.29, 1.82) is 0 Å². The van der Waals surface area contributed by atoms with Gasteiger partial charge < -0.3 is 5.32 Å². The first kappa shape index (κ1) is 25.7. The molecule has 5 rings (SSSR count). The fourth-order valence-electron chi connectivity index (χ4n) is 5.20. The molecule has 2 heterocycles. The summed E-state index contributed by atoms with van der Waals surface area (Å²) >= 11 is 0. The second-order valence-electron chi connectivity index (χ2n) is 10.7. The van der Waals surface area contributed by atoms with Crippen molar-refractivity contribution in [2.75, 3.05) is 0 Å². The van der Waals surface area contributed by atoms with Crippen LogP contribution in [0.5, 0.6) is 0 Å². The maximum absolute atomic E-state index is 13.7. The summed E-state index contributed by atoms with van der Waals surface area (Å²) in [6.45, 7) is 8.69. The molecule has 8 nitrogen and oxygen atoms in total. The molecular formula is C30H35N5O3. The van der Waals surface area contributed by atoms with Crippen molar-refractivity contribution in [2.45, 2.75) is 71.5 Å². The van der Waals surface area contributed by atoms with Crippen molar-refractivity contribution in [3.63, 3.8) is 0 Å². The van der Waals surface area contributed by atoms with Crippen LogP contribution in [0.3, 0.4) is 0 Å². The summed E-state index contributed by atoms with van der Waals surface area (Å²) in [7, 11) is 0. The Morgan fingerprint density at radius 2 is 1.84 bits per heavy atom. The van der Waals surface area contributed by atoms with Crippen LogP contribution < -0.4 is 16.6 Å². The molecule has 1 amide bonds. The fraction of sp³-hybridized carbons (Fsp3) is 0.400. The molecular weight excluding hydrogens is 478 g/mol. The van der Waals surface area contributed by atoms with Gasteiger partial charge in [0.15, 0.2) is 0 Å². The summed E-state index contributed by atoms with van der Waals surface area (Å²) in [6, 6.07) is 12.9. The maximum Gasteiger partial charge on any atom is 0.352 e. The van der Waals surface area contributed by atoms with Gasteiger partial charge in [0.2, 0.25) is 5.78 Å². The molecule has 0 bridgehead atoms. The normalized spacial score (nSPS) is 14.4.